The molecule has 0 spiro atoms. The van der Waals surface area contributed by atoms with Crippen molar-refractivity contribution in [3.63, 3.8) is 0 Å². The van der Waals surface area contributed by atoms with E-state index >= 15 is 0 Å². The third-order valence-corrected chi connectivity index (χ3v) is 2.88. The van der Waals surface area contributed by atoms with Gasteiger partial charge in [0, 0.05) is 45.2 Å². The van der Waals surface area contributed by atoms with Gasteiger partial charge in [0.05, 0.1) is 0 Å². The predicted octanol–water partition coefficient (Wildman–Crippen LogP) is 2.01. The molecule has 1 heterocycles. The van der Waals surface area contributed by atoms with E-state index in [0.717, 1.165) is 25.3 Å². The van der Waals surface area contributed by atoms with Crippen molar-refractivity contribution in [2.24, 2.45) is 0 Å². The lowest BCUT2D eigenvalue weighted by molar-refractivity contribution is 0.0767. The summed E-state index contributed by atoms with van der Waals surface area (Å²) in [6.07, 6.45) is 2.59. The highest BCUT2D eigenvalue weighted by Crippen LogP contribution is 2.10. The third-order valence-electron chi connectivity index (χ3n) is 2.88. The lowest BCUT2D eigenvalue weighted by Gasteiger charge is -2.18. The molecule has 106 valence electrons. The fourth-order valence-corrected chi connectivity index (χ4v) is 1.78. The van der Waals surface area contributed by atoms with Gasteiger partial charge in [-0.05, 0) is 32.4 Å². The normalized spacial score (nSPS) is 10.3. The van der Waals surface area contributed by atoms with Crippen LogP contribution >= 0.6 is 0 Å². The zero-order valence-corrected chi connectivity index (χ0v) is 12.0. The lowest BCUT2D eigenvalue weighted by Crippen LogP contribution is -2.31. The van der Waals surface area contributed by atoms with Crippen LogP contribution in [0.15, 0.2) is 18.3 Å². The van der Waals surface area contributed by atoms with Gasteiger partial charge in [-0.15, -0.1) is 0 Å². The standard InChI is InChI=1S/C14H23N3O2/c1-4-17(5-2)14(18)13-11-12(7-9-16-13)15-8-6-10-19-3/h7,9,11H,4-6,8,10H2,1-3H3,(H,15,16). The summed E-state index contributed by atoms with van der Waals surface area (Å²) >= 11 is 0. The zero-order chi connectivity index (χ0) is 14.1. The topological polar surface area (TPSA) is 54.5 Å². The summed E-state index contributed by atoms with van der Waals surface area (Å²) < 4.78 is 4.99. The first-order valence-electron chi connectivity index (χ1n) is 6.71. The van der Waals surface area contributed by atoms with Gasteiger partial charge >= 0.3 is 0 Å². The molecule has 0 aliphatic heterocycles. The molecule has 5 heteroatoms. The lowest BCUT2D eigenvalue weighted by atomic mass is 10.2. The van der Waals surface area contributed by atoms with Crippen LogP contribution in [0.3, 0.4) is 0 Å². The highest BCUT2D eigenvalue weighted by molar-refractivity contribution is 5.93. The molecule has 0 aliphatic carbocycles. The van der Waals surface area contributed by atoms with Crippen molar-refractivity contribution in [1.82, 2.24) is 9.88 Å². The largest absolute Gasteiger partial charge is 0.385 e. The number of pyridine rings is 1. The second-order valence-electron chi connectivity index (χ2n) is 4.18. The van der Waals surface area contributed by atoms with Gasteiger partial charge in [-0.25, -0.2) is 0 Å². The number of nitrogens with one attached hydrogen (secondary N) is 1. The van der Waals surface area contributed by atoms with E-state index in [1.807, 2.05) is 19.9 Å². The van der Waals surface area contributed by atoms with Crippen molar-refractivity contribution < 1.29 is 9.53 Å². The van der Waals surface area contributed by atoms with E-state index in [1.54, 1.807) is 24.3 Å². The molecule has 0 saturated heterocycles. The highest BCUT2D eigenvalue weighted by Gasteiger charge is 2.13. The third kappa shape index (κ3) is 4.87. The summed E-state index contributed by atoms with van der Waals surface area (Å²) in [5, 5.41) is 3.26. The summed E-state index contributed by atoms with van der Waals surface area (Å²) in [6.45, 7) is 6.87. The molecule has 0 aliphatic rings. The number of nitrogens with zero attached hydrogens (tertiary/aromatic N) is 2. The molecule has 0 atom stereocenters. The summed E-state index contributed by atoms with van der Waals surface area (Å²) in [5.41, 5.74) is 1.40. The maximum atomic E-state index is 12.2. The van der Waals surface area contributed by atoms with Gasteiger partial charge in [0.25, 0.3) is 5.91 Å². The molecule has 0 fully saturated rings. The number of methoxy groups -OCH3 is 1. The van der Waals surface area contributed by atoms with E-state index < -0.39 is 0 Å². The first-order valence-corrected chi connectivity index (χ1v) is 6.71. The quantitative estimate of drug-likeness (QED) is 0.731. The summed E-state index contributed by atoms with van der Waals surface area (Å²) in [4.78, 5) is 18.1. The molecule has 0 aromatic carbocycles. The Morgan fingerprint density at radius 3 is 2.79 bits per heavy atom. The second kappa shape index (κ2) is 8.48. The number of rotatable bonds is 8. The molecular weight excluding hydrogens is 242 g/mol. The predicted molar refractivity (Wildman–Crippen MR) is 76.5 cm³/mol. The van der Waals surface area contributed by atoms with Crippen LogP contribution in [0.4, 0.5) is 5.69 Å². The maximum Gasteiger partial charge on any atom is 0.272 e. The minimum atomic E-state index is -0.0226. The minimum absolute atomic E-state index is 0.0226. The number of aromatic nitrogens is 1. The Morgan fingerprint density at radius 1 is 1.42 bits per heavy atom. The van der Waals surface area contributed by atoms with Crippen molar-refractivity contribution in [3.05, 3.63) is 24.0 Å². The molecule has 1 aromatic rings. The molecule has 0 unspecified atom stereocenters. The summed E-state index contributed by atoms with van der Waals surface area (Å²) in [6, 6.07) is 3.67. The van der Waals surface area contributed by atoms with Crippen LogP contribution in [0, 0.1) is 0 Å². The van der Waals surface area contributed by atoms with E-state index in [2.05, 4.69) is 10.3 Å². The average Bonchev–Trinajstić information content (AvgIpc) is 2.45. The Hall–Kier alpha value is -1.62. The Bertz CT molecular complexity index is 392. The van der Waals surface area contributed by atoms with Gasteiger partial charge in [-0.1, -0.05) is 0 Å². The van der Waals surface area contributed by atoms with Crippen LogP contribution in [-0.4, -0.2) is 49.1 Å². The first-order chi connectivity index (χ1) is 9.22. The number of hydrogen-bond acceptors (Lipinski definition) is 4. The fourth-order valence-electron chi connectivity index (χ4n) is 1.78. The van der Waals surface area contributed by atoms with Crippen molar-refractivity contribution >= 4 is 11.6 Å². The van der Waals surface area contributed by atoms with E-state index in [9.17, 15) is 4.79 Å². The number of ether oxygens (including phenoxy) is 1. The number of carbonyl (C=O) groups excluding carboxylic acids is 1. The van der Waals surface area contributed by atoms with Crippen molar-refractivity contribution in [2.45, 2.75) is 20.3 Å². The molecule has 1 amide bonds. The number of hydrogen-bond donors (Lipinski definition) is 1. The van der Waals surface area contributed by atoms with Gasteiger partial charge in [0.2, 0.25) is 0 Å². The van der Waals surface area contributed by atoms with Crippen LogP contribution in [0.1, 0.15) is 30.8 Å². The second-order valence-corrected chi connectivity index (χ2v) is 4.18. The van der Waals surface area contributed by atoms with Gasteiger partial charge < -0.3 is 15.0 Å². The molecule has 1 N–H and O–H groups in total. The molecule has 19 heavy (non-hydrogen) atoms. The Morgan fingerprint density at radius 2 is 2.16 bits per heavy atom. The monoisotopic (exact) mass is 265 g/mol. The van der Waals surface area contributed by atoms with E-state index in [0.29, 0.717) is 18.8 Å². The SMILES string of the molecule is CCN(CC)C(=O)c1cc(NCCCOC)ccn1. The van der Waals surface area contributed by atoms with Crippen LogP contribution in [0.2, 0.25) is 0 Å². The number of amides is 1. The van der Waals surface area contributed by atoms with Crippen molar-refractivity contribution in [3.8, 4) is 0 Å². The molecule has 1 rings (SSSR count). The van der Waals surface area contributed by atoms with E-state index in [4.69, 9.17) is 4.74 Å². The van der Waals surface area contributed by atoms with Crippen LogP contribution in [0.25, 0.3) is 0 Å². The van der Waals surface area contributed by atoms with E-state index in [-0.39, 0.29) is 5.91 Å². The van der Waals surface area contributed by atoms with Gasteiger partial charge in [0.1, 0.15) is 5.69 Å². The first kappa shape index (κ1) is 15.4. The van der Waals surface area contributed by atoms with Crippen LogP contribution in [-0.2, 0) is 4.74 Å². The highest BCUT2D eigenvalue weighted by atomic mass is 16.5. The number of anilines is 1. The minimum Gasteiger partial charge on any atom is -0.385 e. The number of carbonyl (C=O) groups is 1. The fraction of sp³-hybridized carbons (Fsp3) is 0.571. The van der Waals surface area contributed by atoms with Gasteiger partial charge in [-0.2, -0.15) is 0 Å². The van der Waals surface area contributed by atoms with Gasteiger partial charge in [0.15, 0.2) is 0 Å². The molecule has 1 aromatic heterocycles. The van der Waals surface area contributed by atoms with E-state index in [1.165, 1.54) is 0 Å². The zero-order valence-electron chi connectivity index (χ0n) is 12.0. The molecular formula is C14H23N3O2. The van der Waals surface area contributed by atoms with Crippen LogP contribution < -0.4 is 5.32 Å². The van der Waals surface area contributed by atoms with Crippen molar-refractivity contribution in [2.75, 3.05) is 38.7 Å². The van der Waals surface area contributed by atoms with Crippen molar-refractivity contribution in [1.29, 1.82) is 0 Å². The van der Waals surface area contributed by atoms with Crippen LogP contribution in [0.5, 0.6) is 0 Å². The Balaban J connectivity index is 2.63. The molecule has 0 saturated carbocycles. The molecule has 5 nitrogen and oxygen atoms in total. The Kier molecular flexibility index (Phi) is 6.89. The summed E-state index contributed by atoms with van der Waals surface area (Å²) in [5.74, 6) is -0.0226. The summed E-state index contributed by atoms with van der Waals surface area (Å²) in [7, 11) is 1.69. The molecule has 0 radical (unpaired) electrons. The smallest absolute Gasteiger partial charge is 0.272 e. The maximum absolute atomic E-state index is 12.2. The average molecular weight is 265 g/mol. The molecule has 0 bridgehead atoms. The van der Waals surface area contributed by atoms with Gasteiger partial charge in [-0.3, -0.25) is 9.78 Å². The Labute approximate surface area is 115 Å².